The molecule has 3 rings (SSSR count). The van der Waals surface area contributed by atoms with Crippen LogP contribution in [0.4, 0.5) is 22.9 Å². The highest BCUT2D eigenvalue weighted by atomic mass is 16.6. The van der Waals surface area contributed by atoms with E-state index in [1.54, 1.807) is 7.05 Å². The Morgan fingerprint density at radius 1 is 1.50 bits per heavy atom. The molecule has 0 unspecified atom stereocenters. The van der Waals surface area contributed by atoms with Crippen LogP contribution >= 0.6 is 0 Å². The summed E-state index contributed by atoms with van der Waals surface area (Å²) in [6.45, 7) is 0.992. The van der Waals surface area contributed by atoms with Gasteiger partial charge in [0.1, 0.15) is 6.20 Å². The van der Waals surface area contributed by atoms with Crippen LogP contribution in [0, 0.1) is 10.1 Å². The molecule has 0 aliphatic carbocycles. The number of fused-ring (bicyclic) bond motifs is 1. The lowest BCUT2D eigenvalue weighted by Crippen LogP contribution is -2.11. The Labute approximate surface area is 115 Å². The van der Waals surface area contributed by atoms with Gasteiger partial charge >= 0.3 is 5.69 Å². The number of nitro groups is 1. The molecular formula is C13H15N5O2. The third kappa shape index (κ3) is 2.29. The van der Waals surface area contributed by atoms with Crippen LogP contribution < -0.4 is 10.6 Å². The van der Waals surface area contributed by atoms with Crippen molar-refractivity contribution in [3.05, 3.63) is 40.1 Å². The Balaban J connectivity index is 1.89. The van der Waals surface area contributed by atoms with Crippen LogP contribution in [0.3, 0.4) is 0 Å². The number of nitrogens with one attached hydrogen (secondary N) is 2. The maximum atomic E-state index is 11.0. The standard InChI is InChI=1S/C13H15N5O2/c1-17-8-12(18(19)20)13(16-17)15-10-4-5-11-9(7-10)3-2-6-14-11/h4-5,7-8,14H,2-3,6H2,1H3,(H,15,16). The van der Waals surface area contributed by atoms with Gasteiger partial charge in [-0.3, -0.25) is 14.8 Å². The van der Waals surface area contributed by atoms with Gasteiger partial charge in [0, 0.05) is 25.0 Å². The lowest BCUT2D eigenvalue weighted by Gasteiger charge is -2.18. The van der Waals surface area contributed by atoms with Crippen molar-refractivity contribution in [2.24, 2.45) is 7.05 Å². The number of aromatic nitrogens is 2. The van der Waals surface area contributed by atoms with Crippen LogP contribution in [-0.4, -0.2) is 21.2 Å². The molecule has 0 bridgehead atoms. The van der Waals surface area contributed by atoms with Crippen molar-refractivity contribution >= 4 is 22.9 Å². The molecule has 0 radical (unpaired) electrons. The van der Waals surface area contributed by atoms with Gasteiger partial charge in [0.05, 0.1) is 4.92 Å². The second kappa shape index (κ2) is 4.84. The van der Waals surface area contributed by atoms with Gasteiger partial charge in [-0.25, -0.2) is 0 Å². The molecule has 0 fully saturated rings. The summed E-state index contributed by atoms with van der Waals surface area (Å²) in [5.74, 6) is 0.265. The molecule has 0 amide bonds. The normalized spacial score (nSPS) is 13.4. The van der Waals surface area contributed by atoms with E-state index in [-0.39, 0.29) is 11.5 Å². The first kappa shape index (κ1) is 12.5. The largest absolute Gasteiger partial charge is 0.385 e. The zero-order valence-corrected chi connectivity index (χ0v) is 11.1. The van der Waals surface area contributed by atoms with Crippen LogP contribution in [0.5, 0.6) is 0 Å². The van der Waals surface area contributed by atoms with Gasteiger partial charge < -0.3 is 10.6 Å². The molecule has 0 spiro atoms. The molecule has 0 atom stereocenters. The van der Waals surface area contributed by atoms with Crippen molar-refractivity contribution < 1.29 is 4.92 Å². The lowest BCUT2D eigenvalue weighted by atomic mass is 10.0. The summed E-state index contributed by atoms with van der Waals surface area (Å²) in [5.41, 5.74) is 3.15. The Kier molecular flexibility index (Phi) is 3.02. The summed E-state index contributed by atoms with van der Waals surface area (Å²) in [7, 11) is 1.66. The van der Waals surface area contributed by atoms with Gasteiger partial charge in [-0.2, -0.15) is 0 Å². The third-order valence-electron chi connectivity index (χ3n) is 3.31. The predicted octanol–water partition coefficient (Wildman–Crippen LogP) is 2.43. The Bertz CT molecular complexity index is 665. The number of aryl methyl sites for hydroxylation is 2. The van der Waals surface area contributed by atoms with Crippen molar-refractivity contribution in [3.63, 3.8) is 0 Å². The highest BCUT2D eigenvalue weighted by Gasteiger charge is 2.19. The first-order valence-corrected chi connectivity index (χ1v) is 6.45. The minimum absolute atomic E-state index is 0.0247. The number of benzene rings is 1. The van der Waals surface area contributed by atoms with Crippen LogP contribution in [0.15, 0.2) is 24.4 Å². The molecule has 104 valence electrons. The van der Waals surface area contributed by atoms with Crippen LogP contribution in [0.1, 0.15) is 12.0 Å². The molecule has 20 heavy (non-hydrogen) atoms. The van der Waals surface area contributed by atoms with Crippen LogP contribution in [0.2, 0.25) is 0 Å². The number of hydrogen-bond acceptors (Lipinski definition) is 5. The van der Waals surface area contributed by atoms with Gasteiger partial charge in [0.25, 0.3) is 0 Å². The molecule has 2 heterocycles. The Morgan fingerprint density at radius 3 is 3.15 bits per heavy atom. The van der Waals surface area contributed by atoms with E-state index in [0.717, 1.165) is 30.8 Å². The minimum Gasteiger partial charge on any atom is -0.385 e. The van der Waals surface area contributed by atoms with Crippen molar-refractivity contribution in [2.75, 3.05) is 17.2 Å². The van der Waals surface area contributed by atoms with Gasteiger partial charge in [-0.1, -0.05) is 0 Å². The van der Waals surface area contributed by atoms with E-state index in [4.69, 9.17) is 0 Å². The number of nitrogens with zero attached hydrogens (tertiary/aromatic N) is 3. The summed E-state index contributed by atoms with van der Waals surface area (Å²) in [6.07, 6.45) is 3.50. The number of rotatable bonds is 3. The smallest absolute Gasteiger partial charge is 0.331 e. The van der Waals surface area contributed by atoms with Crippen LogP contribution in [0.25, 0.3) is 0 Å². The quantitative estimate of drug-likeness (QED) is 0.662. The fraction of sp³-hybridized carbons (Fsp3) is 0.308. The molecule has 7 heteroatoms. The molecule has 2 aromatic rings. The van der Waals surface area contributed by atoms with E-state index in [1.807, 2.05) is 18.2 Å². The Hall–Kier alpha value is -2.57. The molecule has 7 nitrogen and oxygen atoms in total. The topological polar surface area (TPSA) is 85.0 Å². The minimum atomic E-state index is -0.435. The van der Waals surface area contributed by atoms with Crippen molar-refractivity contribution in [2.45, 2.75) is 12.8 Å². The van der Waals surface area contributed by atoms with E-state index in [0.29, 0.717) is 0 Å². The van der Waals surface area contributed by atoms with Crippen molar-refractivity contribution in [1.29, 1.82) is 0 Å². The van der Waals surface area contributed by atoms with E-state index in [2.05, 4.69) is 15.7 Å². The average molecular weight is 273 g/mol. The molecule has 1 aliphatic rings. The number of hydrogen-bond donors (Lipinski definition) is 2. The fourth-order valence-electron chi connectivity index (χ4n) is 2.39. The summed E-state index contributed by atoms with van der Waals surface area (Å²) >= 11 is 0. The predicted molar refractivity (Wildman–Crippen MR) is 76.4 cm³/mol. The highest BCUT2D eigenvalue weighted by molar-refractivity contribution is 5.68. The first-order valence-electron chi connectivity index (χ1n) is 6.45. The molecule has 2 N–H and O–H groups in total. The molecule has 1 aromatic heterocycles. The maximum absolute atomic E-state index is 11.0. The molecule has 0 saturated carbocycles. The Morgan fingerprint density at radius 2 is 2.35 bits per heavy atom. The van der Waals surface area contributed by atoms with Crippen LogP contribution in [-0.2, 0) is 13.5 Å². The summed E-state index contributed by atoms with van der Waals surface area (Å²) < 4.78 is 1.43. The summed E-state index contributed by atoms with van der Waals surface area (Å²) in [6, 6.07) is 5.90. The van der Waals surface area contributed by atoms with E-state index in [9.17, 15) is 10.1 Å². The van der Waals surface area contributed by atoms with Gasteiger partial charge in [-0.05, 0) is 36.6 Å². The second-order valence-electron chi connectivity index (χ2n) is 4.82. The zero-order chi connectivity index (χ0) is 14.1. The molecular weight excluding hydrogens is 258 g/mol. The van der Waals surface area contributed by atoms with Gasteiger partial charge in [0.15, 0.2) is 0 Å². The van der Waals surface area contributed by atoms with E-state index < -0.39 is 4.92 Å². The maximum Gasteiger partial charge on any atom is 0.331 e. The fourth-order valence-corrected chi connectivity index (χ4v) is 2.39. The summed E-state index contributed by atoms with van der Waals surface area (Å²) in [5, 5.41) is 21.4. The second-order valence-corrected chi connectivity index (χ2v) is 4.82. The zero-order valence-electron chi connectivity index (χ0n) is 11.1. The third-order valence-corrected chi connectivity index (χ3v) is 3.31. The highest BCUT2D eigenvalue weighted by Crippen LogP contribution is 2.29. The molecule has 1 aliphatic heterocycles. The van der Waals surface area contributed by atoms with Gasteiger partial charge in [0.2, 0.25) is 5.82 Å². The average Bonchev–Trinajstić information content (AvgIpc) is 2.80. The van der Waals surface area contributed by atoms with E-state index in [1.165, 1.54) is 16.4 Å². The lowest BCUT2D eigenvalue weighted by molar-refractivity contribution is -0.384. The van der Waals surface area contributed by atoms with Crippen molar-refractivity contribution in [1.82, 2.24) is 9.78 Å². The van der Waals surface area contributed by atoms with E-state index >= 15 is 0 Å². The summed E-state index contributed by atoms with van der Waals surface area (Å²) in [4.78, 5) is 10.5. The first-order chi connectivity index (χ1) is 9.63. The monoisotopic (exact) mass is 273 g/mol. The van der Waals surface area contributed by atoms with Gasteiger partial charge in [-0.15, -0.1) is 5.10 Å². The molecule has 1 aromatic carbocycles. The van der Waals surface area contributed by atoms with Crippen molar-refractivity contribution in [3.8, 4) is 0 Å². The number of anilines is 3. The molecule has 0 saturated heterocycles. The SMILES string of the molecule is Cn1cc([N+](=O)[O-])c(Nc2ccc3c(c2)CCCN3)n1.